The summed E-state index contributed by atoms with van der Waals surface area (Å²) in [6.45, 7) is 14.5. The number of rotatable bonds is 8. The van der Waals surface area contributed by atoms with Crippen molar-refractivity contribution in [2.45, 2.75) is 205 Å². The summed E-state index contributed by atoms with van der Waals surface area (Å²) in [5.74, 6) is -2.23. The molecule has 0 aromatic carbocycles. The first-order valence-corrected chi connectivity index (χ1v) is 24.2. The van der Waals surface area contributed by atoms with Crippen LogP contribution >= 0.6 is 0 Å². The largest absolute Gasteiger partial charge is 0.479 e. The van der Waals surface area contributed by atoms with Gasteiger partial charge in [0.25, 0.3) is 0 Å². The van der Waals surface area contributed by atoms with Crippen LogP contribution < -0.4 is 0 Å². The highest BCUT2D eigenvalue weighted by molar-refractivity contribution is 5.79. The number of aliphatic hydroxyl groups excluding tert-OH is 10. The molecule has 3 heterocycles. The van der Waals surface area contributed by atoms with Crippen molar-refractivity contribution in [1.82, 2.24) is 0 Å². The molecule has 18 heteroatoms. The van der Waals surface area contributed by atoms with E-state index in [1.54, 1.807) is 0 Å². The SMILES string of the molecule is CC1(C)CC[C@]2(C(=O)O[C@@H]3O[C@H](CO)[C@@H](O)[C@H](O)[C@H]3O)CC[C@]3(C)C(=CC[C@@H]4[C@@]5(C)CC[C@H]([C@@H]6O[C@H](C(=O)O)[C@@H](O[C@@H]7O[C@H](CO)[C@@H](O)[C@H](O)[C@H]7O)[C@H](O)[C@H]6O)C(C)(C)[C@@H]5CC[C@]43C)[C@@H]2C1. The van der Waals surface area contributed by atoms with Gasteiger partial charge < -0.3 is 79.9 Å². The van der Waals surface area contributed by atoms with Gasteiger partial charge in [-0.05, 0) is 115 Å². The van der Waals surface area contributed by atoms with Gasteiger partial charge in [-0.25, -0.2) is 4.79 Å². The molecule has 7 fully saturated rings. The summed E-state index contributed by atoms with van der Waals surface area (Å²) < 4.78 is 29.1. The highest BCUT2D eigenvalue weighted by atomic mass is 16.7. The van der Waals surface area contributed by atoms with Crippen LogP contribution in [0.2, 0.25) is 0 Å². The summed E-state index contributed by atoms with van der Waals surface area (Å²) in [4.78, 5) is 27.5. The Morgan fingerprint density at radius 2 is 1.26 bits per heavy atom. The minimum Gasteiger partial charge on any atom is -0.479 e. The second kappa shape index (κ2) is 17.5. The number of carboxylic acids is 1. The van der Waals surface area contributed by atoms with E-state index in [2.05, 4.69) is 54.5 Å². The van der Waals surface area contributed by atoms with Crippen LogP contribution in [0.4, 0.5) is 0 Å². The first-order valence-electron chi connectivity index (χ1n) is 24.2. The maximum Gasteiger partial charge on any atom is 0.335 e. The Hall–Kier alpha value is -1.88. The number of allylic oxidation sites excluding steroid dienone is 2. The molecule has 0 unspecified atom stereocenters. The van der Waals surface area contributed by atoms with Gasteiger partial charge in [0.05, 0.1) is 24.7 Å². The normalized spacial score (nSPS) is 53.2. The summed E-state index contributed by atoms with van der Waals surface area (Å²) in [5, 5.41) is 116. The molecule has 0 amide bonds. The molecule has 0 aromatic rings. The lowest BCUT2D eigenvalue weighted by molar-refractivity contribution is -0.343. The van der Waals surface area contributed by atoms with Crippen LogP contribution in [0.1, 0.15) is 113 Å². The third-order valence-corrected chi connectivity index (χ3v) is 19.6. The number of carboxylic acid groups (broad SMARTS) is 1. The Balaban J connectivity index is 1.04. The van der Waals surface area contributed by atoms with E-state index in [-0.39, 0.29) is 45.3 Å². The molecule has 3 saturated heterocycles. The van der Waals surface area contributed by atoms with Crippen LogP contribution in [0.25, 0.3) is 0 Å². The average Bonchev–Trinajstić information content (AvgIpc) is 3.25. The number of hydrogen-bond donors (Lipinski definition) is 11. The van der Waals surface area contributed by atoms with Gasteiger partial charge in [-0.15, -0.1) is 0 Å². The fraction of sp³-hybridized carbons (Fsp3) is 0.917. The van der Waals surface area contributed by atoms with Gasteiger partial charge in [0.15, 0.2) is 12.4 Å². The molecule has 23 atom stereocenters. The summed E-state index contributed by atoms with van der Waals surface area (Å²) in [6, 6.07) is 0. The smallest absolute Gasteiger partial charge is 0.335 e. The standard InChI is InChI=1S/C48H76O18/c1-43(2)14-16-48(42(61)66-41-35(58)31(54)29(52)25(20-50)63-41)17-15-46(6)21(23(48)18-43)8-9-27-45(5)12-10-22(44(3,4)26(45)11-13-47(27,46)7)36-32(55)33(56)37(38(64-36)39(59)60)65-40-34(57)30(53)28(51)24(19-49)62-40/h8,22-38,40-41,49-58H,9-20H2,1-7H3,(H,59,60)/t22-,23+,24-,25-,26+,27-,28-,29-,30+,31+,32-,33-,34-,35-,36+,37+,38+,40+,41+,45+,46-,47-,48+/m1/s1. The molecule has 8 aliphatic rings. The van der Waals surface area contributed by atoms with Crippen LogP contribution in [-0.2, 0) is 33.3 Å². The van der Waals surface area contributed by atoms with Crippen molar-refractivity contribution in [3.05, 3.63) is 11.6 Å². The number of fused-ring (bicyclic) bond motifs is 7. The Bertz CT molecular complexity index is 1860. The molecule has 66 heavy (non-hydrogen) atoms. The molecule has 0 aromatic heterocycles. The first kappa shape index (κ1) is 50.5. The molecular weight excluding hydrogens is 865 g/mol. The highest BCUT2D eigenvalue weighted by Gasteiger charge is 2.71. The van der Waals surface area contributed by atoms with E-state index in [4.69, 9.17) is 23.7 Å². The fourth-order valence-electron chi connectivity index (χ4n) is 15.5. The maximum atomic E-state index is 14.7. The fourth-order valence-corrected chi connectivity index (χ4v) is 15.5. The van der Waals surface area contributed by atoms with E-state index >= 15 is 0 Å². The average molecular weight is 941 g/mol. The number of hydrogen-bond acceptors (Lipinski definition) is 17. The third kappa shape index (κ3) is 7.57. The van der Waals surface area contributed by atoms with Gasteiger partial charge in [-0.1, -0.05) is 60.1 Å². The predicted molar refractivity (Wildman–Crippen MR) is 229 cm³/mol. The molecule has 3 aliphatic heterocycles. The molecule has 0 bridgehead atoms. The molecule has 0 spiro atoms. The number of esters is 1. The summed E-state index contributed by atoms with van der Waals surface area (Å²) in [7, 11) is 0. The minimum absolute atomic E-state index is 0.0778. The van der Waals surface area contributed by atoms with Crippen LogP contribution in [0.15, 0.2) is 11.6 Å². The number of carbonyl (C=O) groups is 2. The minimum atomic E-state index is -1.87. The Kier molecular flexibility index (Phi) is 13.4. The van der Waals surface area contributed by atoms with Gasteiger partial charge >= 0.3 is 11.9 Å². The lowest BCUT2D eigenvalue weighted by Crippen LogP contribution is -2.68. The Morgan fingerprint density at radius 3 is 1.86 bits per heavy atom. The van der Waals surface area contributed by atoms with Crippen molar-refractivity contribution < 1.29 is 89.4 Å². The molecule has 11 N–H and O–H groups in total. The molecule has 18 nitrogen and oxygen atoms in total. The van der Waals surface area contributed by atoms with Crippen molar-refractivity contribution in [1.29, 1.82) is 0 Å². The summed E-state index contributed by atoms with van der Waals surface area (Å²) in [6.07, 6.45) is -14.8. The summed E-state index contributed by atoms with van der Waals surface area (Å²) >= 11 is 0. The van der Waals surface area contributed by atoms with Crippen molar-refractivity contribution in [2.75, 3.05) is 13.2 Å². The van der Waals surface area contributed by atoms with Crippen molar-refractivity contribution >= 4 is 11.9 Å². The van der Waals surface area contributed by atoms with Gasteiger partial charge in [0.2, 0.25) is 6.29 Å². The van der Waals surface area contributed by atoms with Crippen molar-refractivity contribution in [3.63, 3.8) is 0 Å². The van der Waals surface area contributed by atoms with E-state index in [1.807, 2.05) is 0 Å². The van der Waals surface area contributed by atoms with Crippen LogP contribution in [0, 0.1) is 56.2 Å². The summed E-state index contributed by atoms with van der Waals surface area (Å²) in [5.41, 5.74) is -0.961. The Labute approximate surface area is 386 Å². The monoisotopic (exact) mass is 941 g/mol. The lowest BCUT2D eigenvalue weighted by atomic mass is 9.33. The van der Waals surface area contributed by atoms with Gasteiger partial charge in [-0.3, -0.25) is 4.79 Å². The number of carbonyl (C=O) groups excluding carboxylic acids is 1. The van der Waals surface area contributed by atoms with E-state index in [1.165, 1.54) is 5.57 Å². The molecule has 4 saturated carbocycles. The highest BCUT2D eigenvalue weighted by Crippen LogP contribution is 2.76. The van der Waals surface area contributed by atoms with Crippen LogP contribution in [0.3, 0.4) is 0 Å². The topological polar surface area (TPSA) is 303 Å². The van der Waals surface area contributed by atoms with Crippen LogP contribution in [0.5, 0.6) is 0 Å². The van der Waals surface area contributed by atoms with Crippen molar-refractivity contribution in [2.24, 2.45) is 56.2 Å². The molecule has 8 rings (SSSR count). The zero-order chi connectivity index (χ0) is 48.4. The van der Waals surface area contributed by atoms with Crippen LogP contribution in [-0.4, -0.2) is 173 Å². The lowest BCUT2D eigenvalue weighted by Gasteiger charge is -2.72. The first-order chi connectivity index (χ1) is 30.7. The van der Waals surface area contributed by atoms with Gasteiger partial charge in [0.1, 0.15) is 67.1 Å². The predicted octanol–water partition coefficient (Wildman–Crippen LogP) is 0.506. The van der Waals surface area contributed by atoms with Gasteiger partial charge in [-0.2, -0.15) is 0 Å². The van der Waals surface area contributed by atoms with Gasteiger partial charge in [0, 0.05) is 0 Å². The van der Waals surface area contributed by atoms with E-state index < -0.39 is 128 Å². The third-order valence-electron chi connectivity index (χ3n) is 19.6. The second-order valence-corrected chi connectivity index (χ2v) is 23.6. The molecular formula is C48H76O18. The van der Waals surface area contributed by atoms with E-state index in [0.717, 1.165) is 38.5 Å². The van der Waals surface area contributed by atoms with E-state index in [0.29, 0.717) is 25.7 Å². The molecule has 376 valence electrons. The number of ether oxygens (including phenoxy) is 5. The zero-order valence-corrected chi connectivity index (χ0v) is 39.3. The Morgan fingerprint density at radius 1 is 0.667 bits per heavy atom. The molecule has 5 aliphatic carbocycles. The second-order valence-electron chi connectivity index (χ2n) is 23.6. The number of aliphatic carboxylic acids is 1. The quantitative estimate of drug-likeness (QED) is 0.117. The molecule has 0 radical (unpaired) electrons. The number of aliphatic hydroxyl groups is 10. The zero-order valence-electron chi connectivity index (χ0n) is 39.3. The van der Waals surface area contributed by atoms with Crippen molar-refractivity contribution in [3.8, 4) is 0 Å². The maximum absolute atomic E-state index is 14.7. The van der Waals surface area contributed by atoms with E-state index in [9.17, 15) is 65.8 Å².